The van der Waals surface area contributed by atoms with Gasteiger partial charge in [0.25, 0.3) is 11.6 Å². The molecule has 0 aromatic heterocycles. The maximum Gasteiger partial charge on any atom is 0.495 e. The minimum absolute atomic E-state index is 0.0148. The molecule has 0 fully saturated rings. The van der Waals surface area contributed by atoms with Gasteiger partial charge in [0.1, 0.15) is 0 Å². The molecule has 0 spiro atoms. The molecule has 22 heavy (non-hydrogen) atoms. The largest absolute Gasteiger partial charge is 0.495 e. The van der Waals surface area contributed by atoms with E-state index < -0.39 is 23.6 Å². The monoisotopic (exact) mass is 328 g/mol. The van der Waals surface area contributed by atoms with Crippen molar-refractivity contribution >= 4 is 33.4 Å². The minimum atomic E-state index is -1.97. The number of rotatable bonds is 8. The number of nitro groups is 1. The lowest BCUT2D eigenvalue weighted by molar-refractivity contribution is -0.383. The Morgan fingerprint density at radius 1 is 1.55 bits per heavy atom. The van der Waals surface area contributed by atoms with E-state index in [1.54, 1.807) is 0 Å². The quantitative estimate of drug-likeness (QED) is 0.259. The summed E-state index contributed by atoms with van der Waals surface area (Å²) in [6.45, 7) is 2.24. The maximum atomic E-state index is 11.9. The van der Waals surface area contributed by atoms with E-state index in [1.807, 2.05) is 6.92 Å². The second-order valence-corrected chi connectivity index (χ2v) is 4.93. The van der Waals surface area contributed by atoms with Crippen LogP contribution in [0.25, 0.3) is 0 Å². The van der Waals surface area contributed by atoms with Crippen molar-refractivity contribution in [2.24, 2.45) is 0 Å². The zero-order valence-electron chi connectivity index (χ0n) is 12.1. The molecule has 8 nitrogen and oxygen atoms in total. The Morgan fingerprint density at radius 2 is 2.23 bits per heavy atom. The van der Waals surface area contributed by atoms with Crippen LogP contribution in [0.5, 0.6) is 0 Å². The SMILES string of the molecule is CC(CCNC(=O)c1ccc(B(O)O)c([N+](=O)[O-])c1)OCP. The third kappa shape index (κ3) is 5.34. The smallest absolute Gasteiger partial charge is 0.423 e. The number of benzene rings is 1. The Kier molecular flexibility index (Phi) is 7.40. The third-order valence-electron chi connectivity index (χ3n) is 2.98. The predicted molar refractivity (Wildman–Crippen MR) is 85.0 cm³/mol. The second kappa shape index (κ2) is 8.80. The summed E-state index contributed by atoms with van der Waals surface area (Å²) in [6, 6.07) is 3.48. The van der Waals surface area contributed by atoms with Crippen molar-refractivity contribution in [1.82, 2.24) is 5.32 Å². The first-order chi connectivity index (χ1) is 10.4. The Morgan fingerprint density at radius 3 is 2.77 bits per heavy atom. The van der Waals surface area contributed by atoms with E-state index >= 15 is 0 Å². The average Bonchev–Trinajstić information content (AvgIpc) is 2.46. The molecule has 10 heteroatoms. The number of ether oxygens (including phenoxy) is 1. The van der Waals surface area contributed by atoms with Crippen molar-refractivity contribution in [3.8, 4) is 0 Å². The third-order valence-corrected chi connectivity index (χ3v) is 3.18. The number of amides is 1. The van der Waals surface area contributed by atoms with E-state index in [0.29, 0.717) is 19.3 Å². The van der Waals surface area contributed by atoms with Crippen molar-refractivity contribution in [2.75, 3.05) is 12.9 Å². The highest BCUT2D eigenvalue weighted by Gasteiger charge is 2.25. The molecule has 2 unspecified atom stereocenters. The predicted octanol–water partition coefficient (Wildman–Crippen LogP) is -0.368. The zero-order chi connectivity index (χ0) is 16.7. The number of hydrogen-bond donors (Lipinski definition) is 3. The lowest BCUT2D eigenvalue weighted by Gasteiger charge is -2.12. The van der Waals surface area contributed by atoms with Crippen molar-refractivity contribution < 1.29 is 24.5 Å². The van der Waals surface area contributed by atoms with Crippen LogP contribution in [0.2, 0.25) is 0 Å². The van der Waals surface area contributed by atoms with Gasteiger partial charge < -0.3 is 20.1 Å². The molecule has 1 aromatic rings. The Bertz CT molecular complexity index is 542. The van der Waals surface area contributed by atoms with E-state index in [9.17, 15) is 14.9 Å². The Hall–Kier alpha value is -1.54. The molecule has 0 radical (unpaired) electrons. The van der Waals surface area contributed by atoms with E-state index in [4.69, 9.17) is 14.8 Å². The number of nitrogens with zero attached hydrogens (tertiary/aromatic N) is 1. The first-order valence-electron chi connectivity index (χ1n) is 6.61. The fourth-order valence-corrected chi connectivity index (χ4v) is 2.13. The van der Waals surface area contributed by atoms with Gasteiger partial charge in [-0.05, 0) is 19.4 Å². The molecule has 3 N–H and O–H groups in total. The van der Waals surface area contributed by atoms with Crippen molar-refractivity contribution in [3.05, 3.63) is 33.9 Å². The summed E-state index contributed by atoms with van der Waals surface area (Å²) in [6.07, 6.45) is 1.10. The molecule has 0 aliphatic carbocycles. The van der Waals surface area contributed by atoms with Crippen LogP contribution >= 0.6 is 9.24 Å². The van der Waals surface area contributed by atoms with Gasteiger partial charge in [-0.15, -0.1) is 9.24 Å². The van der Waals surface area contributed by atoms with E-state index in [1.165, 1.54) is 6.07 Å². The lowest BCUT2D eigenvalue weighted by Crippen LogP contribution is -2.33. The molecular weight excluding hydrogens is 310 g/mol. The molecule has 2 atom stereocenters. The summed E-state index contributed by atoms with van der Waals surface area (Å²) < 4.78 is 5.29. The minimum Gasteiger partial charge on any atom is -0.423 e. The highest BCUT2D eigenvalue weighted by atomic mass is 31.0. The Balaban J connectivity index is 2.74. The van der Waals surface area contributed by atoms with Gasteiger partial charge in [-0.25, -0.2) is 0 Å². The molecule has 1 rings (SSSR count). The fourth-order valence-electron chi connectivity index (χ4n) is 1.80. The second-order valence-electron chi connectivity index (χ2n) is 4.59. The van der Waals surface area contributed by atoms with Crippen LogP contribution in [0.1, 0.15) is 23.7 Å². The van der Waals surface area contributed by atoms with Gasteiger partial charge in [0.05, 0.1) is 22.8 Å². The molecule has 0 saturated heterocycles. The topological polar surface area (TPSA) is 122 Å². The number of nitro benzene ring substituents is 1. The van der Waals surface area contributed by atoms with Crippen LogP contribution in [0.15, 0.2) is 18.2 Å². The molecule has 0 aliphatic rings. The summed E-state index contributed by atoms with van der Waals surface area (Å²) in [5, 5.41) is 31.7. The summed E-state index contributed by atoms with van der Waals surface area (Å²) in [5.74, 6) is -0.472. The molecule has 0 aliphatic heterocycles. The summed E-state index contributed by atoms with van der Waals surface area (Å²) in [7, 11) is 0.467. The van der Waals surface area contributed by atoms with Crippen molar-refractivity contribution in [3.63, 3.8) is 0 Å². The molecular formula is C12H18BN2O6P. The number of nitrogens with one attached hydrogen (secondary N) is 1. The molecule has 0 heterocycles. The van der Waals surface area contributed by atoms with Gasteiger partial charge in [-0.3, -0.25) is 14.9 Å². The first-order valence-corrected chi connectivity index (χ1v) is 7.42. The lowest BCUT2D eigenvalue weighted by atomic mass is 9.78. The van der Waals surface area contributed by atoms with E-state index in [-0.39, 0.29) is 17.1 Å². The summed E-state index contributed by atoms with van der Waals surface area (Å²) >= 11 is 0. The maximum absolute atomic E-state index is 11.9. The van der Waals surface area contributed by atoms with Gasteiger partial charge >= 0.3 is 7.12 Å². The number of hydrogen-bond acceptors (Lipinski definition) is 6. The number of carbonyl (C=O) groups excluding carboxylic acids is 1. The van der Waals surface area contributed by atoms with E-state index in [2.05, 4.69) is 14.6 Å². The van der Waals surface area contributed by atoms with Crippen LogP contribution in [0.3, 0.4) is 0 Å². The van der Waals surface area contributed by atoms with E-state index in [0.717, 1.165) is 12.1 Å². The number of carbonyl (C=O) groups is 1. The van der Waals surface area contributed by atoms with Crippen LogP contribution in [-0.2, 0) is 4.74 Å². The molecule has 120 valence electrons. The van der Waals surface area contributed by atoms with Crippen LogP contribution < -0.4 is 10.8 Å². The van der Waals surface area contributed by atoms with Crippen LogP contribution in [-0.4, -0.2) is 47.0 Å². The highest BCUT2D eigenvalue weighted by molar-refractivity contribution is 7.16. The standard InChI is InChI=1S/C12H18BN2O6P/c1-8(21-7-22)4-5-14-12(16)9-2-3-10(13(17)18)11(6-9)15(19)20/h2-3,6,8,17-18H,4-5,7,22H2,1H3,(H,14,16). The van der Waals surface area contributed by atoms with Gasteiger partial charge in [-0.1, -0.05) is 6.07 Å². The van der Waals surface area contributed by atoms with Gasteiger partial charge in [-0.2, -0.15) is 0 Å². The molecule has 0 saturated carbocycles. The van der Waals surface area contributed by atoms with Crippen molar-refractivity contribution in [2.45, 2.75) is 19.4 Å². The Labute approximate surface area is 130 Å². The van der Waals surface area contributed by atoms with Crippen LogP contribution in [0.4, 0.5) is 5.69 Å². The first kappa shape index (κ1) is 18.5. The normalized spacial score (nSPS) is 11.8. The fraction of sp³-hybridized carbons (Fsp3) is 0.417. The molecule has 1 aromatic carbocycles. The van der Waals surface area contributed by atoms with Gasteiger partial charge in [0, 0.05) is 18.2 Å². The summed E-state index contributed by atoms with van der Waals surface area (Å²) in [4.78, 5) is 22.1. The molecule has 1 amide bonds. The van der Waals surface area contributed by atoms with Gasteiger partial charge in [0.2, 0.25) is 0 Å². The average molecular weight is 328 g/mol. The summed E-state index contributed by atoms with van der Waals surface area (Å²) in [5.41, 5.74) is -0.693. The van der Waals surface area contributed by atoms with Gasteiger partial charge in [0.15, 0.2) is 0 Å². The highest BCUT2D eigenvalue weighted by Crippen LogP contribution is 2.12. The zero-order valence-corrected chi connectivity index (χ0v) is 13.2. The van der Waals surface area contributed by atoms with Crippen molar-refractivity contribution in [1.29, 1.82) is 0 Å². The molecule has 0 bridgehead atoms. The van der Waals surface area contributed by atoms with Crippen LogP contribution in [0, 0.1) is 10.1 Å².